The Balaban J connectivity index is 0.0000120. The van der Waals surface area contributed by atoms with E-state index < -0.39 is 183 Å². The molecule has 0 spiro atoms. The average molecular weight is 1380 g/mol. The predicted molar refractivity (Wildman–Crippen MR) is 332 cm³/mol. The van der Waals surface area contributed by atoms with Gasteiger partial charge in [-0.05, 0) is 89.3 Å². The third kappa shape index (κ3) is 17.5. The molecule has 0 radical (unpaired) electrons. The molecule has 13 unspecified atom stereocenters. The third-order valence-electron chi connectivity index (χ3n) is 16.6. The largest absolute Gasteiger partial charge is 1.00 e. The van der Waals surface area contributed by atoms with Gasteiger partial charge in [0.25, 0.3) is 18.2 Å². The first kappa shape index (κ1) is 74.4. The molecule has 4 heterocycles. The maximum Gasteiger partial charge on any atom is 1.00 e. The molecule has 8 amide bonds. The van der Waals surface area contributed by atoms with Crippen LogP contribution in [0.2, 0.25) is 0 Å². The molecule has 3 fully saturated rings. The van der Waals surface area contributed by atoms with Gasteiger partial charge in [-0.1, -0.05) is 68.4 Å². The molecule has 512 valence electrons. The number of carbonyl (C=O) groups excluding carboxylic acids is 8. The molecular weight excluding hydrogens is 1300 g/mol. The van der Waals surface area contributed by atoms with Crippen LogP contribution < -0.4 is 76.1 Å². The standard InChI is InChI=1S/C63H72N10O22S.Na/c1-4-21-91-37-16-13-32(14-17-37)31-9-11-33(12-10-31)60-70-71-61(92-60)41-19-18-40(38-7-5-6-8-39(38)41)55(83)66-42-23-35(75)26-65-59(87)51-52(80)29(2)27-73(51)63(89)49(45(78)25-47(64)79)68-58(86)50(54(82)53(81)34-15-20-44(77)46(22-34)93-96-95-94-90)69-57(85)43-24-36(76)28-72(43)62(88)48(30(3)74)67-56(42)84;/h5-20,22,29-30,35-36,42-43,45,48-54,74-78,80-82,90H,4,21,23-28H2,1-3H3,(H2,64,79)(H,65,87)(H,66,83)(H,67,84)(H,68,86)(H,69,85);/q;+1/p-1/t29?,30?,35?,36?,42-,43?,45?,48?,49?,50?,51?,52?,53?,54?;/m0./s1. The van der Waals surface area contributed by atoms with Crippen LogP contribution in [0.1, 0.15) is 68.5 Å². The number of benzene rings is 5. The van der Waals surface area contributed by atoms with Crippen molar-refractivity contribution >= 4 is 70.4 Å². The summed E-state index contributed by atoms with van der Waals surface area (Å²) >= 11 is -0.0895. The number of fused-ring (bicyclic) bond motifs is 3. The van der Waals surface area contributed by atoms with E-state index in [0.717, 1.165) is 58.2 Å². The Morgan fingerprint density at radius 2 is 1.40 bits per heavy atom. The number of aromatic hydroxyl groups is 1. The van der Waals surface area contributed by atoms with E-state index in [9.17, 15) is 84.5 Å². The van der Waals surface area contributed by atoms with Crippen molar-refractivity contribution in [3.8, 4) is 51.3 Å². The van der Waals surface area contributed by atoms with Crippen molar-refractivity contribution in [2.24, 2.45) is 11.7 Å². The second kappa shape index (κ2) is 33.2. The van der Waals surface area contributed by atoms with E-state index in [0.29, 0.717) is 28.5 Å². The zero-order chi connectivity index (χ0) is 69.2. The molecule has 5 aromatic carbocycles. The summed E-state index contributed by atoms with van der Waals surface area (Å²) in [6, 6.07) is 15.1. The molecule has 97 heavy (non-hydrogen) atoms. The Kier molecular flexibility index (Phi) is 25.5. The number of primary amides is 1. The minimum absolute atomic E-state index is 0. The van der Waals surface area contributed by atoms with Crippen LogP contribution in [-0.4, -0.2) is 207 Å². The monoisotopic (exact) mass is 1370 g/mol. The number of rotatable bonds is 19. The fourth-order valence-corrected chi connectivity index (χ4v) is 11.8. The van der Waals surface area contributed by atoms with E-state index in [1.807, 2.05) is 55.5 Å². The molecule has 1 aromatic heterocycles. The van der Waals surface area contributed by atoms with Crippen LogP contribution >= 0.6 is 12.3 Å². The molecule has 0 aliphatic carbocycles. The van der Waals surface area contributed by atoms with E-state index in [2.05, 4.69) is 46.2 Å². The van der Waals surface area contributed by atoms with Crippen LogP contribution in [0.25, 0.3) is 44.8 Å². The Labute approximate surface area is 579 Å². The third-order valence-corrected chi connectivity index (χ3v) is 16.9. The van der Waals surface area contributed by atoms with E-state index >= 15 is 0 Å². The molecular formula is C63H71N10NaO22S. The minimum Gasteiger partial charge on any atom is -0.691 e. The second-order valence-corrected chi connectivity index (χ2v) is 23.9. The van der Waals surface area contributed by atoms with Gasteiger partial charge in [-0.3, -0.25) is 43.4 Å². The number of aromatic nitrogens is 2. The second-order valence-electron chi connectivity index (χ2n) is 23.4. The molecule has 14 atom stereocenters. The van der Waals surface area contributed by atoms with Crippen molar-refractivity contribution in [2.45, 2.75) is 125 Å². The number of phenolic OH excluding ortho intramolecular Hbond substituents is 1. The van der Waals surface area contributed by atoms with Crippen molar-refractivity contribution in [1.29, 1.82) is 0 Å². The number of phenols is 1. The van der Waals surface area contributed by atoms with Gasteiger partial charge >= 0.3 is 29.6 Å². The molecule has 32 nitrogen and oxygen atoms in total. The average Bonchev–Trinajstić information content (AvgIpc) is 1.71. The van der Waals surface area contributed by atoms with Crippen LogP contribution in [-0.2, 0) is 42.9 Å². The number of hydrogen-bond acceptors (Lipinski definition) is 25. The number of β-amino-alcohol motifs (C(OH)–C–C–N with tert-alkyl or cyclic N) is 1. The quantitative estimate of drug-likeness (QED) is 0.0119. The molecule has 6 aromatic rings. The summed E-state index contributed by atoms with van der Waals surface area (Å²) < 4.78 is 21.0. The summed E-state index contributed by atoms with van der Waals surface area (Å²) in [5.74, 6) is -11.1. The van der Waals surface area contributed by atoms with Gasteiger partial charge in [0.1, 0.15) is 54.2 Å². The molecule has 9 rings (SSSR count). The first-order valence-electron chi connectivity index (χ1n) is 30.3. The molecule has 3 saturated heterocycles. The van der Waals surface area contributed by atoms with Crippen LogP contribution in [0, 0.1) is 5.92 Å². The number of nitrogens with one attached hydrogen (secondary N) is 5. The van der Waals surface area contributed by atoms with Crippen molar-refractivity contribution in [3.05, 3.63) is 114 Å². The summed E-state index contributed by atoms with van der Waals surface area (Å²) in [6.45, 7) is 3.24. The zero-order valence-electron chi connectivity index (χ0n) is 52.6. The van der Waals surface area contributed by atoms with E-state index in [1.165, 1.54) is 19.1 Å². The Bertz CT molecular complexity index is 3820. The number of nitrogens with two attached hydrogens (primary N) is 1. The predicted octanol–water partition coefficient (Wildman–Crippen LogP) is -4.80. The number of hydrogen-bond donors (Lipinski definition) is 14. The molecule has 0 saturated carbocycles. The van der Waals surface area contributed by atoms with Gasteiger partial charge in [0.05, 0.1) is 43.5 Å². The Morgan fingerprint density at radius 3 is 2.07 bits per heavy atom. The zero-order valence-corrected chi connectivity index (χ0v) is 55.4. The fraction of sp³-hybridized carbons (Fsp3) is 0.397. The van der Waals surface area contributed by atoms with Gasteiger partial charge in [0, 0.05) is 55.1 Å². The van der Waals surface area contributed by atoms with Gasteiger partial charge < -0.3 is 102 Å². The smallest absolute Gasteiger partial charge is 0.691 e. The summed E-state index contributed by atoms with van der Waals surface area (Å²) in [4.78, 5) is 116. The molecule has 15 N–H and O–H groups in total. The molecule has 3 aliphatic rings. The van der Waals surface area contributed by atoms with Crippen LogP contribution in [0.5, 0.6) is 17.2 Å². The molecule has 3 aliphatic heterocycles. The van der Waals surface area contributed by atoms with E-state index in [1.54, 1.807) is 24.3 Å². The number of ether oxygens (including phenoxy) is 1. The van der Waals surface area contributed by atoms with Crippen molar-refractivity contribution < 1.29 is 137 Å². The summed E-state index contributed by atoms with van der Waals surface area (Å²) in [6.07, 6.45) is -15.5. The topological polar surface area (TPSA) is 490 Å². The summed E-state index contributed by atoms with van der Waals surface area (Å²) in [7, 11) is 0. The van der Waals surface area contributed by atoms with Gasteiger partial charge in [0.15, 0.2) is 11.5 Å². The maximum atomic E-state index is 14.8. The Morgan fingerprint density at radius 1 is 0.763 bits per heavy atom. The minimum atomic E-state index is -2.55. The number of carbonyl (C=O) groups is 8. The van der Waals surface area contributed by atoms with E-state index in [4.69, 9.17) is 19.1 Å². The first-order valence-corrected chi connectivity index (χ1v) is 31.0. The van der Waals surface area contributed by atoms with Gasteiger partial charge in [-0.25, -0.2) is 0 Å². The van der Waals surface area contributed by atoms with Crippen LogP contribution in [0.3, 0.4) is 0 Å². The van der Waals surface area contributed by atoms with Crippen molar-refractivity contribution in [1.82, 2.24) is 46.6 Å². The van der Waals surface area contributed by atoms with Crippen molar-refractivity contribution in [3.63, 3.8) is 0 Å². The number of aliphatic hydroxyl groups is 7. The number of amides is 8. The maximum absolute atomic E-state index is 14.8. The summed E-state index contributed by atoms with van der Waals surface area (Å²) in [5.41, 5.74) is 7.89. The molecule has 34 heteroatoms. The SMILES string of the molecule is CCCOc1ccc(-c2ccc(-c3nnc(-c4ccc(C(=O)N[C@H]5CC(O)CNC(=O)C6C(O)C(C)CN6C(=O)C(C(O)CC(N)=O)NC(=O)C(C(O)C(O)c6ccc(O)c(OSOO[O-])c6)NC(=O)C6CC(O)CN6C(=O)C(C(C)O)NC5=O)c5ccccc45)o3)cc2)cc1.[Na+]. The first-order chi connectivity index (χ1) is 45.9. The normalized spacial score (nSPS) is 24.2. The summed E-state index contributed by atoms with van der Waals surface area (Å²) in [5, 5.41) is 126. The Hall–Kier alpha value is -8.39. The fourth-order valence-electron chi connectivity index (χ4n) is 11.6. The van der Waals surface area contributed by atoms with Gasteiger partial charge in [-0.15, -0.1) is 14.5 Å². The number of nitrogens with zero attached hydrogens (tertiary/aromatic N) is 4. The van der Waals surface area contributed by atoms with E-state index in [-0.39, 0.29) is 64.8 Å². The van der Waals surface area contributed by atoms with Gasteiger partial charge in [0.2, 0.25) is 53.1 Å². The van der Waals surface area contributed by atoms with Gasteiger partial charge in [-0.2, -0.15) is 0 Å². The molecule has 0 bridgehead atoms. The number of aliphatic hydroxyl groups excluding tert-OH is 7. The van der Waals surface area contributed by atoms with Crippen LogP contribution in [0.15, 0.2) is 108 Å². The van der Waals surface area contributed by atoms with Crippen molar-refractivity contribution in [2.75, 3.05) is 26.2 Å². The van der Waals surface area contributed by atoms with Crippen LogP contribution in [0.4, 0.5) is 0 Å².